The maximum atomic E-state index is 10.6. The van der Waals surface area contributed by atoms with E-state index in [1.165, 1.54) is 12.0 Å². The second-order valence-corrected chi connectivity index (χ2v) is 8.02. The van der Waals surface area contributed by atoms with Crippen LogP contribution >= 0.6 is 0 Å². The highest BCUT2D eigenvalue weighted by Crippen LogP contribution is 2.33. The number of hydrogen-bond donors (Lipinski definition) is 2. The van der Waals surface area contributed by atoms with E-state index in [4.69, 9.17) is 33.7 Å². The Morgan fingerprint density at radius 2 is 1.63 bits per heavy atom. The van der Waals surface area contributed by atoms with E-state index < -0.39 is 24.3 Å². The topological polar surface area (TPSA) is 113 Å². The van der Waals surface area contributed by atoms with E-state index in [0.717, 1.165) is 59.1 Å². The van der Waals surface area contributed by atoms with Gasteiger partial charge in [-0.2, -0.15) is 26.3 Å². The van der Waals surface area contributed by atoms with Gasteiger partial charge in [-0.1, -0.05) is 0 Å². The molecule has 0 aliphatic carbocycles. The maximum absolute atomic E-state index is 10.6. The van der Waals surface area contributed by atoms with Crippen molar-refractivity contribution in [1.29, 1.82) is 0 Å². The van der Waals surface area contributed by atoms with Crippen molar-refractivity contribution in [3.8, 4) is 0 Å². The molecule has 0 amide bonds. The van der Waals surface area contributed by atoms with Gasteiger partial charge in [0, 0.05) is 50.8 Å². The third-order valence-electron chi connectivity index (χ3n) is 5.12. The molecule has 1 atom stereocenters. The normalized spacial score (nSPS) is 21.5. The minimum atomic E-state index is -5.08. The molecule has 35 heavy (non-hydrogen) atoms. The van der Waals surface area contributed by atoms with Gasteiger partial charge in [-0.05, 0) is 19.0 Å². The molecular weight excluding hydrogens is 494 g/mol. The fourth-order valence-electron chi connectivity index (χ4n) is 3.54. The summed E-state index contributed by atoms with van der Waals surface area (Å²) >= 11 is 0. The van der Waals surface area contributed by atoms with E-state index >= 15 is 0 Å². The Bertz CT molecular complexity index is 749. The summed E-state index contributed by atoms with van der Waals surface area (Å²) in [5, 5.41) is 14.2. The predicted octanol–water partition coefficient (Wildman–Crippen LogP) is 2.72. The second-order valence-electron chi connectivity index (χ2n) is 8.02. The third-order valence-corrected chi connectivity index (χ3v) is 5.12. The van der Waals surface area contributed by atoms with Crippen molar-refractivity contribution < 1.29 is 60.0 Å². The summed E-state index contributed by atoms with van der Waals surface area (Å²) in [6, 6.07) is 2.05. The number of rotatable bonds is 5. The van der Waals surface area contributed by atoms with Crippen LogP contribution in [-0.4, -0.2) is 104 Å². The number of carboxylic acid groups (broad SMARTS) is 2. The van der Waals surface area contributed by atoms with Gasteiger partial charge in [-0.3, -0.25) is 4.90 Å². The van der Waals surface area contributed by atoms with Crippen molar-refractivity contribution in [1.82, 2.24) is 9.80 Å². The molecule has 2 aliphatic heterocycles. The van der Waals surface area contributed by atoms with Crippen molar-refractivity contribution in [3.05, 3.63) is 24.2 Å². The Balaban J connectivity index is 0.000000362. The first-order chi connectivity index (χ1) is 16.2. The molecule has 15 heteroatoms. The van der Waals surface area contributed by atoms with Gasteiger partial charge < -0.3 is 29.0 Å². The Kier molecular flexibility index (Phi) is 12.0. The number of aliphatic carboxylic acids is 2. The van der Waals surface area contributed by atoms with Gasteiger partial charge in [-0.15, -0.1) is 0 Å². The molecule has 1 aromatic heterocycles. The van der Waals surface area contributed by atoms with Crippen LogP contribution in [0.2, 0.25) is 0 Å². The number of nitrogens with zero attached hydrogens (tertiary/aromatic N) is 2. The van der Waals surface area contributed by atoms with Gasteiger partial charge >= 0.3 is 24.3 Å². The molecule has 0 saturated carbocycles. The minimum absolute atomic E-state index is 0.286. The van der Waals surface area contributed by atoms with Crippen molar-refractivity contribution in [2.24, 2.45) is 5.41 Å². The van der Waals surface area contributed by atoms with Crippen LogP contribution in [0.15, 0.2) is 23.0 Å². The van der Waals surface area contributed by atoms with Gasteiger partial charge in [0.05, 0.1) is 32.3 Å². The number of carbonyl (C=O) groups is 2. The van der Waals surface area contributed by atoms with Crippen LogP contribution in [-0.2, 0) is 25.6 Å². The highest BCUT2D eigenvalue weighted by molar-refractivity contribution is 5.73. The average Bonchev–Trinajstić information content (AvgIpc) is 3.34. The van der Waals surface area contributed by atoms with Crippen LogP contribution in [0.5, 0.6) is 0 Å². The Labute approximate surface area is 197 Å². The summed E-state index contributed by atoms with van der Waals surface area (Å²) in [5.41, 5.74) is 1.54. The predicted molar refractivity (Wildman–Crippen MR) is 108 cm³/mol. The van der Waals surface area contributed by atoms with Crippen molar-refractivity contribution in [3.63, 3.8) is 0 Å². The van der Waals surface area contributed by atoms with Crippen molar-refractivity contribution >= 4 is 11.9 Å². The molecule has 1 unspecified atom stereocenters. The molecule has 2 fully saturated rings. The molecule has 202 valence electrons. The SMILES string of the molecule is COCCN1CCC2(COCCN(Cc3ccoc3)C2)C1.O=C(O)C(F)(F)F.O=C(O)C(F)(F)F. The lowest BCUT2D eigenvalue weighted by atomic mass is 9.87. The van der Waals surface area contributed by atoms with E-state index in [-0.39, 0.29) is 5.41 Å². The molecule has 1 aromatic rings. The fraction of sp³-hybridized carbons (Fsp3) is 0.700. The number of halogens is 6. The molecule has 9 nitrogen and oxygen atoms in total. The van der Waals surface area contributed by atoms with E-state index in [9.17, 15) is 26.3 Å². The molecular formula is C20H28F6N2O7. The van der Waals surface area contributed by atoms with Gasteiger partial charge in [0.2, 0.25) is 0 Å². The van der Waals surface area contributed by atoms with Crippen LogP contribution in [0.1, 0.15) is 12.0 Å². The quantitative estimate of drug-likeness (QED) is 0.564. The summed E-state index contributed by atoms with van der Waals surface area (Å²) in [7, 11) is 1.77. The number of hydrogen-bond acceptors (Lipinski definition) is 7. The lowest BCUT2D eigenvalue weighted by molar-refractivity contribution is -0.193. The van der Waals surface area contributed by atoms with Gasteiger partial charge in [-0.25, -0.2) is 9.59 Å². The molecule has 3 rings (SSSR count). The number of methoxy groups -OCH3 is 1. The first kappa shape index (κ1) is 30.7. The highest BCUT2D eigenvalue weighted by atomic mass is 19.4. The molecule has 3 heterocycles. The van der Waals surface area contributed by atoms with Gasteiger partial charge in [0.25, 0.3) is 0 Å². The standard InChI is InChI=1S/C16H26N2O3.2C2HF3O2/c1-19-8-5-17-4-3-16(12-17)13-18(6-9-21-14-16)10-15-2-7-20-11-15;2*3-2(4,5)1(6)7/h2,7,11H,3-6,8-10,12-14H2,1H3;2*(H,6,7). The second kappa shape index (κ2) is 13.7. The fourth-order valence-corrected chi connectivity index (χ4v) is 3.54. The molecule has 0 aromatic carbocycles. The van der Waals surface area contributed by atoms with Crippen molar-refractivity contribution in [2.45, 2.75) is 25.3 Å². The van der Waals surface area contributed by atoms with Crippen LogP contribution < -0.4 is 0 Å². The van der Waals surface area contributed by atoms with Gasteiger partial charge in [0.15, 0.2) is 0 Å². The number of likely N-dealkylation sites (tertiary alicyclic amines) is 1. The smallest absolute Gasteiger partial charge is 0.475 e. The average molecular weight is 522 g/mol. The number of carboxylic acids is 2. The van der Waals surface area contributed by atoms with Gasteiger partial charge in [0.1, 0.15) is 0 Å². The molecule has 0 radical (unpaired) electrons. The Morgan fingerprint density at radius 3 is 2.11 bits per heavy atom. The number of alkyl halides is 6. The van der Waals surface area contributed by atoms with Crippen molar-refractivity contribution in [2.75, 3.05) is 59.7 Å². The van der Waals surface area contributed by atoms with E-state index in [1.807, 2.05) is 6.26 Å². The zero-order valence-electron chi connectivity index (χ0n) is 18.9. The Morgan fingerprint density at radius 1 is 1.06 bits per heavy atom. The number of ether oxygens (including phenoxy) is 2. The lowest BCUT2D eigenvalue weighted by Gasteiger charge is -2.31. The highest BCUT2D eigenvalue weighted by Gasteiger charge is 2.41. The van der Waals surface area contributed by atoms with Crippen LogP contribution in [0, 0.1) is 5.41 Å². The summed E-state index contributed by atoms with van der Waals surface area (Å²) in [6.07, 6.45) is -5.35. The monoisotopic (exact) mass is 522 g/mol. The van der Waals surface area contributed by atoms with E-state index in [1.54, 1.807) is 13.4 Å². The summed E-state index contributed by atoms with van der Waals surface area (Å²) < 4.78 is 79.8. The molecule has 0 bridgehead atoms. The molecule has 1 spiro atoms. The minimum Gasteiger partial charge on any atom is -0.475 e. The largest absolute Gasteiger partial charge is 0.490 e. The third kappa shape index (κ3) is 11.7. The molecule has 2 N–H and O–H groups in total. The summed E-state index contributed by atoms with van der Waals surface area (Å²) in [4.78, 5) is 22.8. The van der Waals surface area contributed by atoms with Crippen LogP contribution in [0.25, 0.3) is 0 Å². The zero-order chi connectivity index (χ0) is 26.7. The maximum Gasteiger partial charge on any atom is 0.490 e. The van der Waals surface area contributed by atoms with E-state index in [0.29, 0.717) is 0 Å². The zero-order valence-corrected chi connectivity index (χ0v) is 18.9. The number of furan rings is 1. The summed E-state index contributed by atoms with van der Waals surface area (Å²) in [6.45, 7) is 8.92. The molecule has 2 aliphatic rings. The van der Waals surface area contributed by atoms with E-state index in [2.05, 4.69) is 15.9 Å². The Hall–Kier alpha value is -2.36. The molecule has 2 saturated heterocycles. The van der Waals surface area contributed by atoms with Crippen LogP contribution in [0.3, 0.4) is 0 Å². The first-order valence-corrected chi connectivity index (χ1v) is 10.3. The summed E-state index contributed by atoms with van der Waals surface area (Å²) in [5.74, 6) is -5.51. The first-order valence-electron chi connectivity index (χ1n) is 10.3. The van der Waals surface area contributed by atoms with Crippen LogP contribution in [0.4, 0.5) is 26.3 Å². The lowest BCUT2D eigenvalue weighted by Crippen LogP contribution is -2.40.